The maximum absolute atomic E-state index is 13.8. The predicted molar refractivity (Wildman–Crippen MR) is 63.3 cm³/mol. The molecule has 94 valence electrons. The predicted octanol–water partition coefficient (Wildman–Crippen LogP) is 2.27. The smallest absolute Gasteiger partial charge is 0.131 e. The molecule has 1 saturated heterocycles. The van der Waals surface area contributed by atoms with E-state index in [1.54, 1.807) is 13.0 Å². The van der Waals surface area contributed by atoms with Crippen LogP contribution in [0.3, 0.4) is 0 Å². The third-order valence-electron chi connectivity index (χ3n) is 3.47. The molecule has 1 fully saturated rings. The van der Waals surface area contributed by atoms with Gasteiger partial charge in [0.2, 0.25) is 0 Å². The summed E-state index contributed by atoms with van der Waals surface area (Å²) in [5.74, 6) is -0.262. The second-order valence-corrected chi connectivity index (χ2v) is 4.60. The van der Waals surface area contributed by atoms with E-state index in [1.165, 1.54) is 6.07 Å². The molecule has 0 aromatic heterocycles. The number of phenols is 1. The summed E-state index contributed by atoms with van der Waals surface area (Å²) >= 11 is 0. The Labute approximate surface area is 100 Å². The van der Waals surface area contributed by atoms with E-state index in [0.29, 0.717) is 18.8 Å². The number of rotatable bonds is 2. The highest BCUT2D eigenvalue weighted by molar-refractivity contribution is 5.42. The summed E-state index contributed by atoms with van der Waals surface area (Å²) in [6.07, 6.45) is 1.63. The molecule has 0 unspecified atom stereocenters. The third-order valence-corrected chi connectivity index (χ3v) is 3.47. The number of hydrogen-bond acceptors (Lipinski definition) is 3. The maximum atomic E-state index is 13.8. The van der Waals surface area contributed by atoms with Crippen LogP contribution in [0.15, 0.2) is 12.1 Å². The molecule has 1 aliphatic rings. The standard InChI is InChI=1S/C13H18FNO2/c1-8-2-3-10(14)11(13(8)16)12(15)9-4-6-17-7-5-9/h2-3,9,12,16H,4-7,15H2,1H3/t12-/m0/s1. The Bertz CT molecular complexity index is 403. The average molecular weight is 239 g/mol. The number of phenolic OH excluding ortho intramolecular Hbond substituents is 1. The van der Waals surface area contributed by atoms with Gasteiger partial charge in [-0.2, -0.15) is 0 Å². The van der Waals surface area contributed by atoms with E-state index in [1.807, 2.05) is 0 Å². The highest BCUT2D eigenvalue weighted by atomic mass is 19.1. The van der Waals surface area contributed by atoms with Crippen molar-refractivity contribution < 1.29 is 14.2 Å². The zero-order valence-corrected chi connectivity index (χ0v) is 9.95. The summed E-state index contributed by atoms with van der Waals surface area (Å²) in [6, 6.07) is 2.47. The van der Waals surface area contributed by atoms with Crippen LogP contribution < -0.4 is 5.73 Å². The molecule has 1 atom stereocenters. The minimum atomic E-state index is -0.459. The van der Waals surface area contributed by atoms with Gasteiger partial charge in [-0.05, 0) is 37.3 Å². The molecule has 3 N–H and O–H groups in total. The second kappa shape index (κ2) is 5.02. The Morgan fingerprint density at radius 1 is 1.41 bits per heavy atom. The normalized spacial score (nSPS) is 19.2. The number of nitrogens with two attached hydrogens (primary N) is 1. The molecule has 0 amide bonds. The van der Waals surface area contributed by atoms with Crippen molar-refractivity contribution in [3.05, 3.63) is 29.1 Å². The minimum Gasteiger partial charge on any atom is -0.507 e. The molecule has 0 bridgehead atoms. The average Bonchev–Trinajstić information content (AvgIpc) is 2.35. The van der Waals surface area contributed by atoms with Crippen molar-refractivity contribution in [2.45, 2.75) is 25.8 Å². The Hall–Kier alpha value is -1.13. The van der Waals surface area contributed by atoms with Crippen LogP contribution in [0, 0.1) is 18.7 Å². The van der Waals surface area contributed by atoms with Gasteiger partial charge >= 0.3 is 0 Å². The van der Waals surface area contributed by atoms with Crippen LogP contribution in [-0.2, 0) is 4.74 Å². The molecule has 4 heteroatoms. The van der Waals surface area contributed by atoms with E-state index in [2.05, 4.69) is 0 Å². The fourth-order valence-corrected chi connectivity index (χ4v) is 2.32. The third kappa shape index (κ3) is 2.42. The molecule has 0 saturated carbocycles. The van der Waals surface area contributed by atoms with Crippen LogP contribution in [0.25, 0.3) is 0 Å². The van der Waals surface area contributed by atoms with E-state index in [0.717, 1.165) is 12.8 Å². The fraction of sp³-hybridized carbons (Fsp3) is 0.538. The maximum Gasteiger partial charge on any atom is 0.131 e. The highest BCUT2D eigenvalue weighted by Gasteiger charge is 2.27. The topological polar surface area (TPSA) is 55.5 Å². The van der Waals surface area contributed by atoms with Crippen molar-refractivity contribution in [3.8, 4) is 5.75 Å². The van der Waals surface area contributed by atoms with Crippen LogP contribution in [0.4, 0.5) is 4.39 Å². The van der Waals surface area contributed by atoms with E-state index in [9.17, 15) is 9.50 Å². The van der Waals surface area contributed by atoms with Gasteiger partial charge < -0.3 is 15.6 Å². The Morgan fingerprint density at radius 2 is 2.06 bits per heavy atom. The highest BCUT2D eigenvalue weighted by Crippen LogP contribution is 2.36. The largest absolute Gasteiger partial charge is 0.507 e. The van der Waals surface area contributed by atoms with Gasteiger partial charge in [-0.1, -0.05) is 6.07 Å². The number of benzene rings is 1. The fourth-order valence-electron chi connectivity index (χ4n) is 2.32. The van der Waals surface area contributed by atoms with Gasteiger partial charge in [0.05, 0.1) is 0 Å². The van der Waals surface area contributed by atoms with E-state index < -0.39 is 11.9 Å². The lowest BCUT2D eigenvalue weighted by atomic mass is 9.86. The first-order valence-electron chi connectivity index (χ1n) is 5.92. The van der Waals surface area contributed by atoms with Crippen LogP contribution in [0.2, 0.25) is 0 Å². The molecule has 0 spiro atoms. The van der Waals surface area contributed by atoms with E-state index >= 15 is 0 Å². The van der Waals surface area contributed by atoms with Gasteiger partial charge in [0, 0.05) is 24.8 Å². The molecule has 2 rings (SSSR count). The first-order chi connectivity index (χ1) is 8.11. The first kappa shape index (κ1) is 12.3. The molecular formula is C13H18FNO2. The summed E-state index contributed by atoms with van der Waals surface area (Å²) < 4.78 is 19.0. The summed E-state index contributed by atoms with van der Waals surface area (Å²) in [5, 5.41) is 9.93. The van der Waals surface area contributed by atoms with E-state index in [-0.39, 0.29) is 17.2 Å². The zero-order valence-electron chi connectivity index (χ0n) is 9.95. The Morgan fingerprint density at radius 3 is 2.71 bits per heavy atom. The molecule has 17 heavy (non-hydrogen) atoms. The van der Waals surface area contributed by atoms with Gasteiger partial charge in [0.15, 0.2) is 0 Å². The molecule has 1 aromatic carbocycles. The summed E-state index contributed by atoms with van der Waals surface area (Å²) in [5.41, 5.74) is 6.99. The first-order valence-corrected chi connectivity index (χ1v) is 5.92. The Kier molecular flexibility index (Phi) is 3.64. The monoisotopic (exact) mass is 239 g/mol. The van der Waals surface area contributed by atoms with Crippen LogP contribution >= 0.6 is 0 Å². The van der Waals surface area contributed by atoms with Crippen molar-refractivity contribution in [1.82, 2.24) is 0 Å². The molecule has 1 aliphatic heterocycles. The molecule has 3 nitrogen and oxygen atoms in total. The van der Waals surface area contributed by atoms with Gasteiger partial charge in [-0.25, -0.2) is 4.39 Å². The molecule has 1 heterocycles. The van der Waals surface area contributed by atoms with Crippen molar-refractivity contribution in [1.29, 1.82) is 0 Å². The lowest BCUT2D eigenvalue weighted by Gasteiger charge is -2.28. The summed E-state index contributed by atoms with van der Waals surface area (Å²) in [7, 11) is 0. The number of aryl methyl sites for hydroxylation is 1. The van der Waals surface area contributed by atoms with Crippen LogP contribution in [0.1, 0.15) is 30.0 Å². The Balaban J connectivity index is 2.29. The number of hydrogen-bond donors (Lipinski definition) is 2. The van der Waals surface area contributed by atoms with Crippen molar-refractivity contribution >= 4 is 0 Å². The SMILES string of the molecule is Cc1ccc(F)c([C@@H](N)C2CCOCC2)c1O. The van der Waals surface area contributed by atoms with Gasteiger partial charge in [0.1, 0.15) is 11.6 Å². The number of aromatic hydroxyl groups is 1. The van der Waals surface area contributed by atoms with Crippen molar-refractivity contribution in [2.24, 2.45) is 11.7 Å². The van der Waals surface area contributed by atoms with Crippen molar-refractivity contribution in [3.63, 3.8) is 0 Å². The van der Waals surface area contributed by atoms with Gasteiger partial charge in [-0.15, -0.1) is 0 Å². The quantitative estimate of drug-likeness (QED) is 0.832. The van der Waals surface area contributed by atoms with Crippen LogP contribution in [0.5, 0.6) is 5.75 Å². The summed E-state index contributed by atoms with van der Waals surface area (Å²) in [6.45, 7) is 3.06. The lowest BCUT2D eigenvalue weighted by Crippen LogP contribution is -2.28. The molecule has 1 aromatic rings. The number of halogens is 1. The molecular weight excluding hydrogens is 221 g/mol. The van der Waals surface area contributed by atoms with E-state index in [4.69, 9.17) is 10.5 Å². The second-order valence-electron chi connectivity index (χ2n) is 4.60. The van der Waals surface area contributed by atoms with Crippen molar-refractivity contribution in [2.75, 3.05) is 13.2 Å². The number of ether oxygens (including phenoxy) is 1. The molecule has 0 aliphatic carbocycles. The summed E-state index contributed by atoms with van der Waals surface area (Å²) in [4.78, 5) is 0. The lowest BCUT2D eigenvalue weighted by molar-refractivity contribution is 0.0577. The van der Waals surface area contributed by atoms with Gasteiger partial charge in [-0.3, -0.25) is 0 Å². The van der Waals surface area contributed by atoms with Crippen LogP contribution in [-0.4, -0.2) is 18.3 Å². The van der Waals surface area contributed by atoms with Gasteiger partial charge in [0.25, 0.3) is 0 Å². The zero-order chi connectivity index (χ0) is 12.4. The minimum absolute atomic E-state index is 0.0102. The molecule has 0 radical (unpaired) electrons.